The third kappa shape index (κ3) is 5.92. The van der Waals surface area contributed by atoms with Crippen LogP contribution >= 0.6 is 0 Å². The van der Waals surface area contributed by atoms with Crippen LogP contribution in [0.3, 0.4) is 0 Å². The zero-order chi connectivity index (χ0) is 5.15. The van der Waals surface area contributed by atoms with E-state index in [1.165, 1.54) is 6.92 Å². The third-order valence-electron chi connectivity index (χ3n) is 0.390. The number of hydrogen-bond donors (Lipinski definition) is 2. The Morgan fingerprint density at radius 1 is 1.86 bits per heavy atom. The van der Waals surface area contributed by atoms with Crippen molar-refractivity contribution in [1.82, 2.24) is 0 Å². The van der Waals surface area contributed by atoms with Gasteiger partial charge in [0, 0.05) is 16.5 Å². The molecule has 4 heteroatoms. The number of carbonyl (C=O) groups is 1. The first-order valence-electron chi connectivity index (χ1n) is 1.63. The summed E-state index contributed by atoms with van der Waals surface area (Å²) < 4.78 is 0. The van der Waals surface area contributed by atoms with E-state index in [2.05, 4.69) is 0 Å². The fourth-order valence-electron chi connectivity index (χ4n) is 0. The van der Waals surface area contributed by atoms with Crippen molar-refractivity contribution in [3.05, 3.63) is 0 Å². The molecule has 0 bridgehead atoms. The SMILES string of the molecule is CC(N)C(=O)O.[Ni]. The van der Waals surface area contributed by atoms with E-state index < -0.39 is 12.0 Å². The summed E-state index contributed by atoms with van der Waals surface area (Å²) in [5, 5.41) is 7.87. The Bertz CT molecular complexity index is 64.0. The van der Waals surface area contributed by atoms with Crippen molar-refractivity contribution in [3.63, 3.8) is 0 Å². The molecule has 0 fully saturated rings. The topological polar surface area (TPSA) is 63.3 Å². The fraction of sp³-hybridized carbons (Fsp3) is 0.667. The molecular formula is C3H7NNiO2. The number of rotatable bonds is 1. The first-order valence-corrected chi connectivity index (χ1v) is 1.63. The minimum absolute atomic E-state index is 0. The molecular weight excluding hydrogens is 141 g/mol. The van der Waals surface area contributed by atoms with Crippen molar-refractivity contribution in [2.45, 2.75) is 13.0 Å². The fourth-order valence-corrected chi connectivity index (χ4v) is 0. The maximum atomic E-state index is 9.57. The van der Waals surface area contributed by atoms with E-state index >= 15 is 0 Å². The predicted molar refractivity (Wildman–Crippen MR) is 21.3 cm³/mol. The molecule has 0 heterocycles. The normalized spacial score (nSPS) is 11.7. The van der Waals surface area contributed by atoms with E-state index in [9.17, 15) is 4.79 Å². The zero-order valence-electron chi connectivity index (χ0n) is 3.83. The van der Waals surface area contributed by atoms with Gasteiger partial charge in [0.1, 0.15) is 6.04 Å². The largest absolute Gasteiger partial charge is 0.480 e. The molecule has 0 aliphatic carbocycles. The minimum atomic E-state index is -0.963. The average Bonchev–Trinajstić information content (AvgIpc) is 1.36. The molecule has 0 aromatic rings. The number of nitrogens with two attached hydrogens (primary N) is 1. The van der Waals surface area contributed by atoms with Crippen molar-refractivity contribution < 1.29 is 26.4 Å². The van der Waals surface area contributed by atoms with E-state index in [4.69, 9.17) is 10.8 Å². The van der Waals surface area contributed by atoms with Crippen molar-refractivity contribution in [2.24, 2.45) is 5.73 Å². The second-order valence-corrected chi connectivity index (χ2v) is 1.13. The number of hydrogen-bond acceptors (Lipinski definition) is 2. The van der Waals surface area contributed by atoms with Gasteiger partial charge in [-0.2, -0.15) is 0 Å². The number of carboxylic acid groups (broad SMARTS) is 1. The van der Waals surface area contributed by atoms with Gasteiger partial charge < -0.3 is 10.8 Å². The molecule has 0 aromatic carbocycles. The molecule has 0 aliphatic rings. The monoisotopic (exact) mass is 147 g/mol. The van der Waals surface area contributed by atoms with Crippen LogP contribution in [0.1, 0.15) is 6.92 Å². The Hall–Kier alpha value is -0.0765. The Balaban J connectivity index is 0. The molecule has 0 saturated heterocycles. The summed E-state index contributed by atoms with van der Waals surface area (Å²) in [7, 11) is 0. The van der Waals surface area contributed by atoms with Crippen LogP contribution in [0.2, 0.25) is 0 Å². The summed E-state index contributed by atoms with van der Waals surface area (Å²) >= 11 is 0. The maximum Gasteiger partial charge on any atom is 0.320 e. The second-order valence-electron chi connectivity index (χ2n) is 1.13. The van der Waals surface area contributed by atoms with E-state index in [0.29, 0.717) is 0 Å². The van der Waals surface area contributed by atoms with Gasteiger partial charge in [-0.05, 0) is 6.92 Å². The second kappa shape index (κ2) is 4.09. The quantitative estimate of drug-likeness (QED) is 0.488. The van der Waals surface area contributed by atoms with Gasteiger partial charge in [0.05, 0.1) is 0 Å². The van der Waals surface area contributed by atoms with Gasteiger partial charge in [0.2, 0.25) is 0 Å². The third-order valence-corrected chi connectivity index (χ3v) is 0.390. The van der Waals surface area contributed by atoms with Crippen molar-refractivity contribution >= 4 is 5.97 Å². The molecule has 0 aliphatic heterocycles. The van der Waals surface area contributed by atoms with Crippen LogP contribution in [0.15, 0.2) is 0 Å². The Morgan fingerprint density at radius 3 is 2.00 bits per heavy atom. The first kappa shape index (κ1) is 10.0. The molecule has 1 unspecified atom stereocenters. The molecule has 0 saturated carbocycles. The molecule has 0 rings (SSSR count). The Kier molecular flexibility index (Phi) is 5.86. The summed E-state index contributed by atoms with van der Waals surface area (Å²) in [5.41, 5.74) is 4.84. The molecule has 3 N–H and O–H groups in total. The van der Waals surface area contributed by atoms with Crippen LogP contribution in [0.4, 0.5) is 0 Å². The van der Waals surface area contributed by atoms with Gasteiger partial charge in [-0.3, -0.25) is 4.79 Å². The minimum Gasteiger partial charge on any atom is -0.480 e. The molecule has 0 amide bonds. The van der Waals surface area contributed by atoms with E-state index in [-0.39, 0.29) is 16.5 Å². The maximum absolute atomic E-state index is 9.57. The smallest absolute Gasteiger partial charge is 0.320 e. The van der Waals surface area contributed by atoms with Gasteiger partial charge in [-0.1, -0.05) is 0 Å². The molecule has 0 spiro atoms. The van der Waals surface area contributed by atoms with Crippen LogP contribution in [-0.4, -0.2) is 17.1 Å². The van der Waals surface area contributed by atoms with Crippen molar-refractivity contribution in [3.8, 4) is 0 Å². The first-order chi connectivity index (χ1) is 2.64. The van der Waals surface area contributed by atoms with Crippen molar-refractivity contribution in [2.75, 3.05) is 0 Å². The van der Waals surface area contributed by atoms with Crippen LogP contribution in [0, 0.1) is 0 Å². The summed E-state index contributed by atoms with van der Waals surface area (Å²) in [4.78, 5) is 9.57. The molecule has 0 radical (unpaired) electrons. The molecule has 3 nitrogen and oxygen atoms in total. The number of carboxylic acids is 1. The number of aliphatic carboxylic acids is 1. The predicted octanol–water partition coefficient (Wildman–Crippen LogP) is -0.584. The van der Waals surface area contributed by atoms with Gasteiger partial charge in [-0.15, -0.1) is 0 Å². The summed E-state index contributed by atoms with van der Waals surface area (Å²) in [5.74, 6) is -0.963. The molecule has 7 heavy (non-hydrogen) atoms. The molecule has 1 atom stereocenters. The Morgan fingerprint density at radius 2 is 2.00 bits per heavy atom. The van der Waals surface area contributed by atoms with Gasteiger partial charge in [0.25, 0.3) is 0 Å². The van der Waals surface area contributed by atoms with Gasteiger partial charge in [0.15, 0.2) is 0 Å². The van der Waals surface area contributed by atoms with Gasteiger partial charge in [-0.25, -0.2) is 0 Å². The summed E-state index contributed by atoms with van der Waals surface area (Å²) in [6, 6.07) is -0.731. The van der Waals surface area contributed by atoms with E-state index in [1.807, 2.05) is 0 Å². The van der Waals surface area contributed by atoms with Gasteiger partial charge >= 0.3 is 5.97 Å². The van der Waals surface area contributed by atoms with Crippen LogP contribution < -0.4 is 5.73 Å². The van der Waals surface area contributed by atoms with Crippen LogP contribution in [0.5, 0.6) is 0 Å². The standard InChI is InChI=1S/C3H7NO2.Ni/c1-2(4)3(5)6;/h2H,4H2,1H3,(H,5,6);. The van der Waals surface area contributed by atoms with Crippen LogP contribution in [-0.2, 0) is 21.3 Å². The van der Waals surface area contributed by atoms with E-state index in [0.717, 1.165) is 0 Å². The molecule has 46 valence electrons. The summed E-state index contributed by atoms with van der Waals surface area (Å²) in [6.07, 6.45) is 0. The zero-order valence-corrected chi connectivity index (χ0v) is 4.81. The van der Waals surface area contributed by atoms with E-state index in [1.54, 1.807) is 0 Å². The average molecular weight is 148 g/mol. The summed E-state index contributed by atoms with van der Waals surface area (Å²) in [6.45, 7) is 1.42. The molecule has 0 aromatic heterocycles. The van der Waals surface area contributed by atoms with Crippen molar-refractivity contribution in [1.29, 1.82) is 0 Å². The Labute approximate surface area is 51.8 Å². The van der Waals surface area contributed by atoms with Crippen LogP contribution in [0.25, 0.3) is 0 Å².